The largest absolute Gasteiger partial charge is 0.270 e. The van der Waals surface area contributed by atoms with Crippen LogP contribution in [0.25, 0.3) is 11.1 Å². The van der Waals surface area contributed by atoms with E-state index in [2.05, 4.69) is 73.7 Å². The summed E-state index contributed by atoms with van der Waals surface area (Å²) in [5.41, 5.74) is 3.83. The second-order valence-corrected chi connectivity index (χ2v) is 4.20. The molecular formula is C18H17Zr-. The van der Waals surface area contributed by atoms with E-state index in [0.717, 1.165) is 6.42 Å². The Labute approximate surface area is 135 Å². The molecule has 0 aliphatic heterocycles. The second-order valence-electron chi connectivity index (χ2n) is 4.20. The Bertz CT molecular complexity index is 484. The first kappa shape index (κ1) is 15.9. The van der Waals surface area contributed by atoms with Crippen molar-refractivity contribution in [3.63, 3.8) is 0 Å². The Balaban J connectivity index is 0.000000220. The molecule has 0 spiro atoms. The van der Waals surface area contributed by atoms with Crippen LogP contribution in [0.5, 0.6) is 0 Å². The number of hydrogen-bond acceptors (Lipinski definition) is 0. The van der Waals surface area contributed by atoms with Crippen LogP contribution in [0.4, 0.5) is 0 Å². The van der Waals surface area contributed by atoms with Crippen molar-refractivity contribution in [2.24, 2.45) is 0 Å². The molecule has 0 fully saturated rings. The molecule has 94 valence electrons. The van der Waals surface area contributed by atoms with E-state index >= 15 is 0 Å². The van der Waals surface area contributed by atoms with Crippen molar-refractivity contribution in [3.05, 3.63) is 84.5 Å². The van der Waals surface area contributed by atoms with Gasteiger partial charge in [-0.2, -0.15) is 6.08 Å². The minimum atomic E-state index is 0. The van der Waals surface area contributed by atoms with Crippen molar-refractivity contribution in [1.82, 2.24) is 0 Å². The first-order chi connectivity index (χ1) is 8.86. The average Bonchev–Trinajstić information content (AvgIpc) is 2.93. The van der Waals surface area contributed by atoms with Gasteiger partial charge >= 0.3 is 0 Å². The zero-order chi connectivity index (χ0) is 12.6. The Kier molecular flexibility index (Phi) is 7.37. The maximum absolute atomic E-state index is 3.12. The van der Waals surface area contributed by atoms with E-state index in [1.165, 1.54) is 16.7 Å². The molecule has 0 nitrogen and oxygen atoms in total. The third kappa shape index (κ3) is 5.53. The summed E-state index contributed by atoms with van der Waals surface area (Å²) in [5, 5.41) is 0. The van der Waals surface area contributed by atoms with Crippen molar-refractivity contribution < 1.29 is 26.2 Å². The molecule has 0 radical (unpaired) electrons. The molecular weight excluding hydrogens is 307 g/mol. The fraction of sp³-hybridized carbons (Fsp3) is 0.111. The Morgan fingerprint density at radius 1 is 0.789 bits per heavy atom. The molecule has 0 saturated carbocycles. The fourth-order valence-electron chi connectivity index (χ4n) is 1.78. The van der Waals surface area contributed by atoms with Crippen LogP contribution in [-0.2, 0) is 26.2 Å². The monoisotopic (exact) mass is 323 g/mol. The van der Waals surface area contributed by atoms with Gasteiger partial charge in [0.1, 0.15) is 0 Å². The van der Waals surface area contributed by atoms with E-state index in [1.807, 2.05) is 12.1 Å². The summed E-state index contributed by atoms with van der Waals surface area (Å²) in [6, 6.07) is 20.8. The van der Waals surface area contributed by atoms with Crippen molar-refractivity contribution >= 4 is 0 Å². The second kappa shape index (κ2) is 8.83. The van der Waals surface area contributed by atoms with Gasteiger partial charge in [0.15, 0.2) is 0 Å². The smallest absolute Gasteiger partial charge is 0 e. The van der Waals surface area contributed by atoms with E-state index in [4.69, 9.17) is 0 Å². The van der Waals surface area contributed by atoms with Gasteiger partial charge in [0.05, 0.1) is 0 Å². The van der Waals surface area contributed by atoms with E-state index < -0.39 is 0 Å². The molecule has 19 heavy (non-hydrogen) atoms. The van der Waals surface area contributed by atoms with Crippen LogP contribution in [0, 0.1) is 6.08 Å². The van der Waals surface area contributed by atoms with E-state index in [-0.39, 0.29) is 26.2 Å². The molecule has 0 amide bonds. The molecule has 0 bridgehead atoms. The molecule has 0 saturated heterocycles. The zero-order valence-electron chi connectivity index (χ0n) is 11.1. The van der Waals surface area contributed by atoms with Gasteiger partial charge in [-0.05, 0) is 11.1 Å². The van der Waals surface area contributed by atoms with Crippen LogP contribution in [0.15, 0.2) is 78.4 Å². The Morgan fingerprint density at radius 2 is 1.26 bits per heavy atom. The molecule has 1 heteroatoms. The quantitative estimate of drug-likeness (QED) is 0.644. The van der Waals surface area contributed by atoms with Crippen molar-refractivity contribution in [3.8, 4) is 11.1 Å². The number of benzene rings is 2. The summed E-state index contributed by atoms with van der Waals surface area (Å²) in [4.78, 5) is 0. The first-order valence-corrected chi connectivity index (χ1v) is 6.21. The van der Waals surface area contributed by atoms with Gasteiger partial charge in [-0.15, -0.1) is 6.42 Å². The molecule has 0 unspecified atom stereocenters. The number of hydrogen-bond donors (Lipinski definition) is 0. The van der Waals surface area contributed by atoms with Gasteiger partial charge in [0.2, 0.25) is 0 Å². The van der Waals surface area contributed by atoms with E-state index in [9.17, 15) is 0 Å². The van der Waals surface area contributed by atoms with Crippen molar-refractivity contribution in [1.29, 1.82) is 0 Å². The summed E-state index contributed by atoms with van der Waals surface area (Å²) < 4.78 is 0. The van der Waals surface area contributed by atoms with Gasteiger partial charge < -0.3 is 0 Å². The van der Waals surface area contributed by atoms with Gasteiger partial charge in [0, 0.05) is 26.2 Å². The predicted octanol–water partition coefficient (Wildman–Crippen LogP) is 5.05. The normalized spacial score (nSPS) is 11.9. The molecule has 0 atom stereocenters. The minimum absolute atomic E-state index is 0. The molecule has 0 aromatic heterocycles. The summed E-state index contributed by atoms with van der Waals surface area (Å²) in [6.45, 7) is 2.06. The zero-order valence-corrected chi connectivity index (χ0v) is 13.6. The Morgan fingerprint density at radius 3 is 1.53 bits per heavy atom. The summed E-state index contributed by atoms with van der Waals surface area (Å²) in [7, 11) is 0. The van der Waals surface area contributed by atoms with Crippen LogP contribution < -0.4 is 0 Å². The average molecular weight is 325 g/mol. The number of rotatable bonds is 1. The SMILES string of the molecule is CC1=[C-]CC=C1.[Zr].c1ccc(-c2ccccc2)cc1. The Hall–Kier alpha value is -1.20. The molecule has 3 rings (SSSR count). The van der Waals surface area contributed by atoms with Gasteiger partial charge in [-0.1, -0.05) is 67.6 Å². The van der Waals surface area contributed by atoms with Crippen LogP contribution in [0.2, 0.25) is 0 Å². The molecule has 1 aliphatic carbocycles. The van der Waals surface area contributed by atoms with Crippen LogP contribution in [0.3, 0.4) is 0 Å². The summed E-state index contributed by atoms with van der Waals surface area (Å²) in [6.07, 6.45) is 8.33. The van der Waals surface area contributed by atoms with Gasteiger partial charge in [-0.3, -0.25) is 6.08 Å². The molecule has 0 N–H and O–H groups in total. The molecule has 2 aromatic rings. The van der Waals surface area contributed by atoms with Crippen molar-refractivity contribution in [2.45, 2.75) is 13.3 Å². The third-order valence-electron chi connectivity index (χ3n) is 2.75. The molecule has 2 aromatic carbocycles. The fourth-order valence-corrected chi connectivity index (χ4v) is 1.78. The topological polar surface area (TPSA) is 0 Å². The number of allylic oxidation sites excluding steroid dienone is 4. The van der Waals surface area contributed by atoms with E-state index in [1.54, 1.807) is 0 Å². The van der Waals surface area contributed by atoms with Crippen LogP contribution in [-0.4, -0.2) is 0 Å². The van der Waals surface area contributed by atoms with Gasteiger partial charge in [-0.25, -0.2) is 11.6 Å². The maximum atomic E-state index is 3.12. The van der Waals surface area contributed by atoms with Gasteiger partial charge in [0.25, 0.3) is 0 Å². The van der Waals surface area contributed by atoms with E-state index in [0.29, 0.717) is 0 Å². The summed E-state index contributed by atoms with van der Waals surface area (Å²) in [5.74, 6) is 0. The predicted molar refractivity (Wildman–Crippen MR) is 78.1 cm³/mol. The standard InChI is InChI=1S/C12H10.C6H7.Zr/c1-3-7-11(8-4-1)12-9-5-2-6-10-12;1-6-4-2-3-5-6;/h1-10H;2,4H,3H2,1H3;/q;-1;. The third-order valence-corrected chi connectivity index (χ3v) is 2.75. The minimum Gasteiger partial charge on any atom is -0.270 e. The first-order valence-electron chi connectivity index (χ1n) is 6.21. The molecule has 1 aliphatic rings. The van der Waals surface area contributed by atoms with Crippen LogP contribution in [0.1, 0.15) is 13.3 Å². The molecule has 0 heterocycles. The summed E-state index contributed by atoms with van der Waals surface area (Å²) >= 11 is 0. The maximum Gasteiger partial charge on any atom is 0 e. The van der Waals surface area contributed by atoms with Crippen LogP contribution >= 0.6 is 0 Å². The van der Waals surface area contributed by atoms with Crippen molar-refractivity contribution in [2.75, 3.05) is 0 Å².